The maximum absolute atomic E-state index is 11.0. The lowest BCUT2D eigenvalue weighted by atomic mass is 10.4. The lowest BCUT2D eigenvalue weighted by Crippen LogP contribution is -2.12. The van der Waals surface area contributed by atoms with E-state index in [9.17, 15) is 8.42 Å². The summed E-state index contributed by atoms with van der Waals surface area (Å²) in [4.78, 5) is 5.28. The summed E-state index contributed by atoms with van der Waals surface area (Å²) in [5, 5.41) is 7.88. The van der Waals surface area contributed by atoms with E-state index in [1.54, 1.807) is 22.9 Å². The van der Waals surface area contributed by atoms with Gasteiger partial charge in [0, 0.05) is 11.4 Å². The molecular formula is C10H13N3O3S2. The predicted octanol–water partition coefficient (Wildman–Crippen LogP) is 0.982. The van der Waals surface area contributed by atoms with E-state index < -0.39 is 10.0 Å². The van der Waals surface area contributed by atoms with Crippen LogP contribution in [0.25, 0.3) is 0 Å². The molecule has 0 aromatic carbocycles. The zero-order chi connectivity index (χ0) is 13.2. The van der Waals surface area contributed by atoms with Crippen LogP contribution in [0.1, 0.15) is 16.3 Å². The van der Waals surface area contributed by atoms with Gasteiger partial charge in [0.1, 0.15) is 5.76 Å². The van der Waals surface area contributed by atoms with E-state index in [2.05, 4.69) is 10.3 Å². The van der Waals surface area contributed by atoms with Gasteiger partial charge < -0.3 is 9.73 Å². The highest BCUT2D eigenvalue weighted by Gasteiger charge is 2.12. The summed E-state index contributed by atoms with van der Waals surface area (Å²) in [6.45, 7) is 3.05. The fourth-order valence-electron chi connectivity index (χ4n) is 1.40. The smallest absolute Gasteiger partial charge is 0.271 e. The number of hydrogen-bond donors (Lipinski definition) is 2. The molecule has 0 amide bonds. The molecule has 98 valence electrons. The van der Waals surface area contributed by atoms with Crippen LogP contribution in [0.5, 0.6) is 0 Å². The zero-order valence-corrected chi connectivity index (χ0v) is 11.3. The second-order valence-electron chi connectivity index (χ2n) is 3.73. The Kier molecular flexibility index (Phi) is 3.81. The normalized spacial score (nSPS) is 11.9. The molecule has 0 spiro atoms. The van der Waals surface area contributed by atoms with Crippen molar-refractivity contribution < 1.29 is 12.8 Å². The molecule has 2 aromatic rings. The lowest BCUT2D eigenvalue weighted by molar-refractivity contribution is 0.402. The third kappa shape index (κ3) is 3.16. The summed E-state index contributed by atoms with van der Waals surface area (Å²) in [5.41, 5.74) is 2.79. The molecule has 0 fully saturated rings. The topological polar surface area (TPSA) is 98.2 Å². The molecule has 0 aliphatic rings. The van der Waals surface area contributed by atoms with E-state index in [1.807, 2.05) is 6.92 Å². The third-order valence-electron chi connectivity index (χ3n) is 2.35. The summed E-state index contributed by atoms with van der Waals surface area (Å²) in [6, 6.07) is 2.94. The first-order valence-corrected chi connectivity index (χ1v) is 7.60. The minimum absolute atomic E-state index is 0.215. The Hall–Kier alpha value is -1.22. The van der Waals surface area contributed by atoms with Gasteiger partial charge in [-0.2, -0.15) is 0 Å². The highest BCUT2D eigenvalue weighted by molar-refractivity contribution is 7.89. The Morgan fingerprint density at radius 2 is 2.22 bits per heavy atom. The van der Waals surface area contributed by atoms with Gasteiger partial charge in [-0.1, -0.05) is 0 Å². The third-order valence-corrected chi connectivity index (χ3v) is 4.06. The molecule has 3 N–H and O–H groups in total. The van der Waals surface area contributed by atoms with Crippen molar-refractivity contribution in [2.24, 2.45) is 5.14 Å². The van der Waals surface area contributed by atoms with Crippen molar-refractivity contribution in [3.8, 4) is 0 Å². The Bertz CT molecular complexity index is 630. The van der Waals surface area contributed by atoms with Gasteiger partial charge in [-0.3, -0.25) is 0 Å². The van der Waals surface area contributed by atoms with Gasteiger partial charge in [-0.05, 0) is 19.1 Å². The van der Waals surface area contributed by atoms with E-state index in [1.165, 1.54) is 6.07 Å². The van der Waals surface area contributed by atoms with Crippen molar-refractivity contribution in [2.45, 2.75) is 25.1 Å². The maximum atomic E-state index is 11.0. The lowest BCUT2D eigenvalue weighted by Gasteiger charge is -2.01. The average Bonchev–Trinajstić information content (AvgIpc) is 2.88. The van der Waals surface area contributed by atoms with Gasteiger partial charge in [-0.15, -0.1) is 11.3 Å². The first-order valence-electron chi connectivity index (χ1n) is 5.18. The molecule has 0 radical (unpaired) electrons. The quantitative estimate of drug-likeness (QED) is 0.854. The molecular weight excluding hydrogens is 274 g/mol. The van der Waals surface area contributed by atoms with Crippen LogP contribution < -0.4 is 10.5 Å². The fraction of sp³-hybridized carbons (Fsp3) is 0.300. The number of aryl methyl sites for hydroxylation is 1. The maximum Gasteiger partial charge on any atom is 0.271 e. The molecule has 0 aliphatic carbocycles. The van der Waals surface area contributed by atoms with Crippen LogP contribution in [0.4, 0.5) is 0 Å². The second kappa shape index (κ2) is 5.19. The zero-order valence-electron chi connectivity index (χ0n) is 9.71. The first kappa shape index (κ1) is 13.2. The number of hydrogen-bond acceptors (Lipinski definition) is 6. The molecule has 6 nitrogen and oxygen atoms in total. The molecule has 0 bridgehead atoms. The number of nitrogens with zero attached hydrogens (tertiary/aromatic N) is 1. The minimum Gasteiger partial charge on any atom is -0.447 e. The Balaban J connectivity index is 1.92. The van der Waals surface area contributed by atoms with Crippen molar-refractivity contribution in [3.63, 3.8) is 0 Å². The van der Waals surface area contributed by atoms with E-state index >= 15 is 0 Å². The van der Waals surface area contributed by atoms with Crippen LogP contribution in [0, 0.1) is 6.92 Å². The Labute approximate surface area is 109 Å². The van der Waals surface area contributed by atoms with Crippen LogP contribution in [-0.2, 0) is 23.1 Å². The van der Waals surface area contributed by atoms with Crippen molar-refractivity contribution in [3.05, 3.63) is 34.0 Å². The van der Waals surface area contributed by atoms with Gasteiger partial charge in [0.25, 0.3) is 10.0 Å². The van der Waals surface area contributed by atoms with Gasteiger partial charge in [0.2, 0.25) is 5.09 Å². The van der Waals surface area contributed by atoms with Gasteiger partial charge in [0.05, 0.1) is 17.7 Å². The van der Waals surface area contributed by atoms with Gasteiger partial charge in [0.15, 0.2) is 0 Å². The molecule has 0 saturated carbocycles. The summed E-state index contributed by atoms with van der Waals surface area (Å²) >= 11 is 1.57. The molecule has 0 unspecified atom stereocenters. The number of thiazole rings is 1. The summed E-state index contributed by atoms with van der Waals surface area (Å²) < 4.78 is 27.1. The van der Waals surface area contributed by atoms with Crippen LogP contribution in [0.15, 0.2) is 27.2 Å². The summed E-state index contributed by atoms with van der Waals surface area (Å²) in [6.07, 6.45) is 0. The predicted molar refractivity (Wildman–Crippen MR) is 67.5 cm³/mol. The highest BCUT2D eigenvalue weighted by atomic mass is 32.2. The highest BCUT2D eigenvalue weighted by Crippen LogP contribution is 2.14. The average molecular weight is 287 g/mol. The van der Waals surface area contributed by atoms with Crippen LogP contribution >= 0.6 is 11.3 Å². The molecule has 2 rings (SSSR count). The van der Waals surface area contributed by atoms with E-state index in [0.717, 1.165) is 10.6 Å². The second-order valence-corrected chi connectivity index (χ2v) is 6.16. The summed E-state index contributed by atoms with van der Waals surface area (Å²) in [7, 11) is -3.76. The van der Waals surface area contributed by atoms with Crippen molar-refractivity contribution in [2.75, 3.05) is 0 Å². The molecule has 18 heavy (non-hydrogen) atoms. The van der Waals surface area contributed by atoms with Crippen molar-refractivity contribution in [1.82, 2.24) is 10.3 Å². The molecule has 2 heterocycles. The number of primary sulfonamides is 1. The minimum atomic E-state index is -3.76. The first-order chi connectivity index (χ1) is 8.47. The summed E-state index contributed by atoms with van der Waals surface area (Å²) in [5.74, 6) is 0.529. The number of furan rings is 1. The molecule has 0 saturated heterocycles. The molecule has 0 atom stereocenters. The van der Waals surface area contributed by atoms with Crippen molar-refractivity contribution >= 4 is 21.4 Å². The molecule has 8 heteroatoms. The van der Waals surface area contributed by atoms with Crippen LogP contribution in [0.3, 0.4) is 0 Å². The SMILES string of the molecule is Cc1ncsc1CNCc1ccc(S(N)(=O)=O)o1. The fourth-order valence-corrected chi connectivity index (χ4v) is 2.63. The number of sulfonamides is 1. The van der Waals surface area contributed by atoms with E-state index in [4.69, 9.17) is 9.56 Å². The number of nitrogens with two attached hydrogens (primary N) is 1. The Morgan fingerprint density at radius 1 is 1.44 bits per heavy atom. The van der Waals surface area contributed by atoms with Gasteiger partial charge >= 0.3 is 0 Å². The number of rotatable bonds is 5. The molecule has 0 aliphatic heterocycles. The standard InChI is InChI=1S/C10H13N3O3S2/c1-7-9(17-6-13-7)5-12-4-8-2-3-10(16-8)18(11,14)15/h2-3,6,12H,4-5H2,1H3,(H2,11,14,15). The Morgan fingerprint density at radius 3 is 2.78 bits per heavy atom. The van der Waals surface area contributed by atoms with Crippen LogP contribution in [0.2, 0.25) is 0 Å². The largest absolute Gasteiger partial charge is 0.447 e. The van der Waals surface area contributed by atoms with Crippen LogP contribution in [-0.4, -0.2) is 13.4 Å². The van der Waals surface area contributed by atoms with Gasteiger partial charge in [-0.25, -0.2) is 18.5 Å². The van der Waals surface area contributed by atoms with E-state index in [0.29, 0.717) is 18.8 Å². The van der Waals surface area contributed by atoms with E-state index in [-0.39, 0.29) is 5.09 Å². The number of aromatic nitrogens is 1. The number of nitrogens with one attached hydrogen (secondary N) is 1. The van der Waals surface area contributed by atoms with Crippen molar-refractivity contribution in [1.29, 1.82) is 0 Å². The molecule has 2 aromatic heterocycles. The monoisotopic (exact) mass is 287 g/mol.